The molecule has 0 bridgehead atoms. The van der Waals surface area contributed by atoms with Crippen LogP contribution in [0.2, 0.25) is 0 Å². The van der Waals surface area contributed by atoms with Crippen LogP contribution >= 0.6 is 15.9 Å². The summed E-state index contributed by atoms with van der Waals surface area (Å²) in [5.41, 5.74) is 0.426. The van der Waals surface area contributed by atoms with E-state index in [1.54, 1.807) is 0 Å². The predicted molar refractivity (Wildman–Crippen MR) is 66.0 cm³/mol. The molecule has 0 radical (unpaired) electrons. The van der Waals surface area contributed by atoms with Gasteiger partial charge in [-0.3, -0.25) is 9.63 Å². The Labute approximate surface area is 103 Å². The van der Waals surface area contributed by atoms with Gasteiger partial charge in [-0.15, -0.1) is 0 Å². The van der Waals surface area contributed by atoms with Crippen molar-refractivity contribution < 1.29 is 9.63 Å². The molecule has 1 aromatic rings. The second kappa shape index (κ2) is 4.18. The van der Waals surface area contributed by atoms with Crippen molar-refractivity contribution in [1.82, 2.24) is 0 Å². The molecule has 0 aromatic heterocycles. The topological polar surface area (TPSA) is 29.5 Å². The second-order valence-electron chi connectivity index (χ2n) is 4.24. The molecule has 1 unspecified atom stereocenters. The van der Waals surface area contributed by atoms with Crippen LogP contribution in [0.3, 0.4) is 0 Å². The highest BCUT2D eigenvalue weighted by Gasteiger charge is 2.40. The van der Waals surface area contributed by atoms with Crippen LogP contribution < -0.4 is 5.06 Å². The van der Waals surface area contributed by atoms with E-state index >= 15 is 0 Å². The first-order valence-corrected chi connectivity index (χ1v) is 6.11. The lowest BCUT2D eigenvalue weighted by molar-refractivity contribution is -0.119. The van der Waals surface area contributed by atoms with E-state index in [-0.39, 0.29) is 11.5 Å². The summed E-state index contributed by atoms with van der Waals surface area (Å²) in [6.07, 6.45) is 1.27. The van der Waals surface area contributed by atoms with Crippen LogP contribution in [0.25, 0.3) is 0 Å². The van der Waals surface area contributed by atoms with Gasteiger partial charge in [0.15, 0.2) is 0 Å². The normalized spacial score (nSPS) is 25.2. The Bertz CT molecular complexity index is 404. The van der Waals surface area contributed by atoms with Crippen LogP contribution in [0.5, 0.6) is 0 Å². The van der Waals surface area contributed by atoms with Gasteiger partial charge in [-0.25, -0.2) is 0 Å². The van der Waals surface area contributed by atoms with E-state index in [2.05, 4.69) is 15.9 Å². The molecule has 1 amide bonds. The third-order valence-corrected chi connectivity index (χ3v) is 3.40. The maximum absolute atomic E-state index is 11.8. The maximum Gasteiger partial charge on any atom is 0.253 e. The fourth-order valence-electron chi connectivity index (χ4n) is 1.66. The predicted octanol–water partition coefficient (Wildman–Crippen LogP) is 3.29. The molecule has 0 saturated carbocycles. The highest BCUT2D eigenvalue weighted by molar-refractivity contribution is 9.10. The Morgan fingerprint density at radius 3 is 2.56 bits per heavy atom. The Balaban J connectivity index is 2.23. The minimum atomic E-state index is -0.357. The van der Waals surface area contributed by atoms with Crippen LogP contribution in [0.15, 0.2) is 28.7 Å². The van der Waals surface area contributed by atoms with Gasteiger partial charge >= 0.3 is 0 Å². The molecule has 0 spiro atoms. The Morgan fingerprint density at radius 2 is 2.06 bits per heavy atom. The molecule has 1 heterocycles. The van der Waals surface area contributed by atoms with E-state index in [4.69, 9.17) is 4.84 Å². The number of carbonyl (C=O) groups excluding carboxylic acids is 1. The van der Waals surface area contributed by atoms with E-state index in [0.29, 0.717) is 6.42 Å². The van der Waals surface area contributed by atoms with E-state index in [1.807, 2.05) is 38.1 Å². The zero-order valence-electron chi connectivity index (χ0n) is 9.37. The number of hydrogen-bond acceptors (Lipinski definition) is 2. The molecular weight excluding hydrogens is 270 g/mol. The summed E-state index contributed by atoms with van der Waals surface area (Å²) >= 11 is 3.36. The number of carbonyl (C=O) groups is 1. The van der Waals surface area contributed by atoms with Gasteiger partial charge in [0, 0.05) is 4.47 Å². The summed E-state index contributed by atoms with van der Waals surface area (Å²) in [6, 6.07) is 7.52. The fraction of sp³-hybridized carbons (Fsp3) is 0.417. The molecule has 1 aromatic carbocycles. The smallest absolute Gasteiger partial charge is 0.253 e. The number of amides is 1. The molecule has 16 heavy (non-hydrogen) atoms. The van der Waals surface area contributed by atoms with Crippen LogP contribution in [0.4, 0.5) is 5.69 Å². The van der Waals surface area contributed by atoms with E-state index in [9.17, 15) is 4.79 Å². The minimum Gasteiger partial charge on any atom is -0.272 e. The minimum absolute atomic E-state index is 0.0201. The van der Waals surface area contributed by atoms with Crippen LogP contribution in [0.1, 0.15) is 26.7 Å². The second-order valence-corrected chi connectivity index (χ2v) is 5.15. The van der Waals surface area contributed by atoms with E-state index < -0.39 is 0 Å². The third-order valence-electron chi connectivity index (χ3n) is 2.87. The van der Waals surface area contributed by atoms with E-state index in [0.717, 1.165) is 16.6 Å². The van der Waals surface area contributed by atoms with Crippen molar-refractivity contribution in [3.63, 3.8) is 0 Å². The average molecular weight is 284 g/mol. The lowest BCUT2D eigenvalue weighted by Gasteiger charge is -2.22. The van der Waals surface area contributed by atoms with Crippen LogP contribution in [-0.2, 0) is 9.63 Å². The van der Waals surface area contributed by atoms with Crippen molar-refractivity contribution in [3.05, 3.63) is 28.7 Å². The zero-order chi connectivity index (χ0) is 11.8. The fourth-order valence-corrected chi connectivity index (χ4v) is 1.92. The molecule has 86 valence electrons. The van der Waals surface area contributed by atoms with Gasteiger partial charge in [0.05, 0.1) is 12.1 Å². The molecular formula is C12H14BrNO2. The molecule has 0 N–H and O–H groups in total. The van der Waals surface area contributed by atoms with Crippen molar-refractivity contribution in [3.8, 4) is 0 Å². The Hall–Kier alpha value is -0.870. The number of nitrogens with zero attached hydrogens (tertiary/aromatic N) is 1. The summed E-state index contributed by atoms with van der Waals surface area (Å²) in [5.74, 6) is 0.0201. The Morgan fingerprint density at radius 1 is 1.44 bits per heavy atom. The third kappa shape index (κ3) is 2.13. The molecule has 4 heteroatoms. The summed E-state index contributed by atoms with van der Waals surface area (Å²) in [7, 11) is 0. The van der Waals surface area contributed by atoms with Gasteiger partial charge in [0.2, 0.25) is 0 Å². The first-order valence-electron chi connectivity index (χ1n) is 5.32. The monoisotopic (exact) mass is 283 g/mol. The van der Waals surface area contributed by atoms with Gasteiger partial charge in [-0.05, 0) is 37.6 Å². The summed E-state index contributed by atoms with van der Waals surface area (Å²) in [6.45, 7) is 3.99. The van der Waals surface area contributed by atoms with Gasteiger partial charge in [-0.1, -0.05) is 22.9 Å². The number of rotatable bonds is 2. The van der Waals surface area contributed by atoms with Crippen molar-refractivity contribution in [2.75, 3.05) is 5.06 Å². The molecule has 1 atom stereocenters. The van der Waals surface area contributed by atoms with Gasteiger partial charge < -0.3 is 0 Å². The number of halogens is 1. The standard InChI is InChI=1S/C12H14BrNO2/c1-3-12(2)8-11(15)14(16-12)10-6-4-9(13)5-7-10/h4-7H,3,8H2,1-2H3. The maximum atomic E-state index is 11.8. The van der Waals surface area contributed by atoms with Crippen LogP contribution in [-0.4, -0.2) is 11.5 Å². The molecule has 2 rings (SSSR count). The summed E-state index contributed by atoms with van der Waals surface area (Å²) in [5, 5.41) is 1.40. The van der Waals surface area contributed by atoms with Crippen LogP contribution in [0, 0.1) is 0 Å². The summed E-state index contributed by atoms with van der Waals surface area (Å²) < 4.78 is 0.987. The van der Waals surface area contributed by atoms with Crippen molar-refractivity contribution >= 4 is 27.5 Å². The SMILES string of the molecule is CCC1(C)CC(=O)N(c2ccc(Br)cc2)O1. The number of hydroxylamine groups is 1. The molecule has 0 aliphatic carbocycles. The molecule has 1 aliphatic rings. The highest BCUT2D eigenvalue weighted by Crippen LogP contribution is 2.33. The number of benzene rings is 1. The van der Waals surface area contributed by atoms with Gasteiger partial charge in [0.1, 0.15) is 5.60 Å². The first kappa shape index (κ1) is 11.6. The lowest BCUT2D eigenvalue weighted by atomic mass is 10.0. The van der Waals surface area contributed by atoms with Crippen molar-refractivity contribution in [2.24, 2.45) is 0 Å². The lowest BCUT2D eigenvalue weighted by Crippen LogP contribution is -2.27. The quantitative estimate of drug-likeness (QED) is 0.834. The molecule has 3 nitrogen and oxygen atoms in total. The van der Waals surface area contributed by atoms with Gasteiger partial charge in [0.25, 0.3) is 5.91 Å². The van der Waals surface area contributed by atoms with Gasteiger partial charge in [-0.2, -0.15) is 5.06 Å². The largest absolute Gasteiger partial charge is 0.272 e. The first-order chi connectivity index (χ1) is 7.54. The number of hydrogen-bond donors (Lipinski definition) is 0. The summed E-state index contributed by atoms with van der Waals surface area (Å²) in [4.78, 5) is 17.5. The molecule has 1 fully saturated rings. The highest BCUT2D eigenvalue weighted by atomic mass is 79.9. The molecule has 1 aliphatic heterocycles. The molecule has 1 saturated heterocycles. The average Bonchev–Trinajstić information content (AvgIpc) is 2.57. The van der Waals surface area contributed by atoms with E-state index in [1.165, 1.54) is 5.06 Å². The van der Waals surface area contributed by atoms with Crippen molar-refractivity contribution in [2.45, 2.75) is 32.3 Å². The number of anilines is 1. The van der Waals surface area contributed by atoms with Crippen molar-refractivity contribution in [1.29, 1.82) is 0 Å². The zero-order valence-corrected chi connectivity index (χ0v) is 11.0. The Kier molecular flexibility index (Phi) is 3.04.